The normalized spacial score (nSPS) is 21.5. The van der Waals surface area contributed by atoms with Gasteiger partial charge in [-0.25, -0.2) is 14.4 Å². The zero-order valence-electron chi connectivity index (χ0n) is 22.0. The van der Waals surface area contributed by atoms with Crippen molar-refractivity contribution in [2.75, 3.05) is 19.8 Å². The predicted molar refractivity (Wildman–Crippen MR) is 126 cm³/mol. The first kappa shape index (κ1) is 28.8. The van der Waals surface area contributed by atoms with Gasteiger partial charge in [-0.3, -0.25) is 14.9 Å². The Kier molecular flexibility index (Phi) is 9.86. The summed E-state index contributed by atoms with van der Waals surface area (Å²) in [6.07, 6.45) is -1.46. The Bertz CT molecular complexity index is 1080. The number of hydrogen-bond donors (Lipinski definition) is 1. The molecule has 4 rings (SSSR count). The topological polar surface area (TPSA) is 120 Å². The van der Waals surface area contributed by atoms with Gasteiger partial charge in [-0.05, 0) is 23.5 Å². The summed E-state index contributed by atoms with van der Waals surface area (Å²) in [5.41, 5.74) is -1.50. The van der Waals surface area contributed by atoms with Gasteiger partial charge in [-0.1, -0.05) is 74.5 Å². The monoisotopic (exact) mass is 520 g/mol. The molecule has 37 heavy (non-hydrogen) atoms. The molecule has 0 spiro atoms. The fourth-order valence-corrected chi connectivity index (χ4v) is 3.95. The summed E-state index contributed by atoms with van der Waals surface area (Å²) in [7, 11) is 0. The number of amides is 1. The van der Waals surface area contributed by atoms with Crippen LogP contribution >= 0.6 is 0 Å². The van der Waals surface area contributed by atoms with Crippen molar-refractivity contribution in [3.63, 3.8) is 0 Å². The van der Waals surface area contributed by atoms with Crippen LogP contribution in [0.15, 0.2) is 60.7 Å². The zero-order chi connectivity index (χ0) is 25.7. The molecule has 2 atom stereocenters. The first-order valence-corrected chi connectivity index (χ1v) is 11.7. The van der Waals surface area contributed by atoms with Crippen molar-refractivity contribution in [1.29, 1.82) is 0 Å². The Balaban J connectivity index is 0.00000253. The van der Waals surface area contributed by atoms with Crippen LogP contribution in [-0.2, 0) is 33.4 Å². The average Bonchev–Trinajstić information content (AvgIpc) is 3.48. The molecule has 192 valence electrons. The SMILES string of the molecule is CC(C)COC(=O)NC1(C(=O)OC(c2ccccc2)c2ccccc2)OC(=O)C(N2CCCO2)C1=O.[H-].[Na+]. The second kappa shape index (κ2) is 12.7. The van der Waals surface area contributed by atoms with Crippen molar-refractivity contribution in [3.05, 3.63) is 71.8 Å². The minimum Gasteiger partial charge on any atom is -1.00 e. The molecule has 0 saturated carbocycles. The molecule has 2 heterocycles. The molecule has 2 saturated heterocycles. The van der Waals surface area contributed by atoms with Crippen LogP contribution in [0.2, 0.25) is 0 Å². The maximum Gasteiger partial charge on any atom is 1.00 e. The van der Waals surface area contributed by atoms with Crippen LogP contribution in [0.3, 0.4) is 0 Å². The summed E-state index contributed by atoms with van der Waals surface area (Å²) in [4.78, 5) is 58.0. The van der Waals surface area contributed by atoms with Crippen LogP contribution in [-0.4, -0.2) is 60.4 Å². The van der Waals surface area contributed by atoms with E-state index in [1.165, 1.54) is 0 Å². The summed E-state index contributed by atoms with van der Waals surface area (Å²) in [6.45, 7) is 4.26. The molecule has 2 aromatic carbocycles. The Morgan fingerprint density at radius 1 is 1.08 bits per heavy atom. The summed E-state index contributed by atoms with van der Waals surface area (Å²) < 4.78 is 16.2. The standard InChI is InChI=1S/C26H28N2O8.Na.H/c1-17(2)16-33-25(32)27-26(22(29)20(23(30)36-26)28-14-9-15-34-28)24(31)35-21(18-10-5-3-6-11-18)19-12-7-4-8-13-19;;/h3-8,10-13,17,20-21H,9,14-16H2,1-2H3,(H,27,32);;/q;+1;-1. The number of nitrogens with one attached hydrogen (secondary N) is 1. The van der Waals surface area contributed by atoms with Crippen molar-refractivity contribution in [1.82, 2.24) is 10.4 Å². The molecule has 1 N–H and O–H groups in total. The first-order valence-electron chi connectivity index (χ1n) is 11.7. The average molecular weight is 521 g/mol. The van der Waals surface area contributed by atoms with E-state index in [1.54, 1.807) is 48.5 Å². The second-order valence-corrected chi connectivity index (χ2v) is 8.92. The van der Waals surface area contributed by atoms with Crippen molar-refractivity contribution in [3.8, 4) is 0 Å². The van der Waals surface area contributed by atoms with Gasteiger partial charge in [0.2, 0.25) is 5.78 Å². The van der Waals surface area contributed by atoms with Crippen molar-refractivity contribution < 1.29 is 69.2 Å². The quantitative estimate of drug-likeness (QED) is 0.215. The number of alkyl carbamates (subject to hydrolysis) is 1. The third kappa shape index (κ3) is 6.39. The largest absolute Gasteiger partial charge is 1.00 e. The van der Waals surface area contributed by atoms with Crippen molar-refractivity contribution in [2.45, 2.75) is 38.1 Å². The molecule has 0 aliphatic carbocycles. The van der Waals surface area contributed by atoms with Gasteiger partial charge < -0.3 is 15.6 Å². The molecule has 0 bridgehead atoms. The molecule has 10 nitrogen and oxygen atoms in total. The molecule has 2 aromatic rings. The smallest absolute Gasteiger partial charge is 1.00 e. The molecule has 1 amide bonds. The molecular formula is C26H29N2NaO8. The van der Waals surface area contributed by atoms with E-state index in [0.29, 0.717) is 24.2 Å². The summed E-state index contributed by atoms with van der Waals surface area (Å²) in [5.74, 6) is -3.30. The van der Waals surface area contributed by atoms with E-state index in [4.69, 9.17) is 19.0 Å². The Hall–Kier alpha value is -2.76. The van der Waals surface area contributed by atoms with E-state index in [1.807, 2.05) is 26.0 Å². The summed E-state index contributed by atoms with van der Waals surface area (Å²) in [6, 6.07) is 16.2. The molecule has 0 radical (unpaired) electrons. The summed E-state index contributed by atoms with van der Waals surface area (Å²) in [5, 5.41) is 3.34. The Morgan fingerprint density at radius 2 is 1.68 bits per heavy atom. The number of ether oxygens (including phenoxy) is 3. The third-order valence-corrected chi connectivity index (χ3v) is 5.68. The van der Waals surface area contributed by atoms with Gasteiger partial charge >= 0.3 is 53.3 Å². The minimum atomic E-state index is -2.73. The maximum absolute atomic E-state index is 13.7. The van der Waals surface area contributed by atoms with Crippen LogP contribution in [0, 0.1) is 5.92 Å². The number of carbonyl (C=O) groups excluding carboxylic acids is 4. The Labute approximate surface area is 238 Å². The van der Waals surface area contributed by atoms with Crippen LogP contribution < -0.4 is 34.9 Å². The van der Waals surface area contributed by atoms with E-state index in [0.717, 1.165) is 5.06 Å². The fourth-order valence-electron chi connectivity index (χ4n) is 3.95. The van der Waals surface area contributed by atoms with Crippen molar-refractivity contribution >= 4 is 23.8 Å². The molecular weight excluding hydrogens is 491 g/mol. The number of carbonyl (C=O) groups is 4. The van der Waals surface area contributed by atoms with Gasteiger partial charge in [0, 0.05) is 6.54 Å². The summed E-state index contributed by atoms with van der Waals surface area (Å²) >= 11 is 0. The molecule has 2 aliphatic heterocycles. The number of esters is 2. The number of nitrogens with zero attached hydrogens (tertiary/aromatic N) is 1. The third-order valence-electron chi connectivity index (χ3n) is 5.68. The number of hydrogen-bond acceptors (Lipinski definition) is 9. The van der Waals surface area contributed by atoms with Crippen molar-refractivity contribution in [2.24, 2.45) is 5.92 Å². The molecule has 11 heteroatoms. The van der Waals surface area contributed by atoms with E-state index in [-0.39, 0.29) is 50.1 Å². The number of hydroxylamine groups is 2. The van der Waals surface area contributed by atoms with E-state index >= 15 is 0 Å². The van der Waals surface area contributed by atoms with E-state index in [9.17, 15) is 19.2 Å². The Morgan fingerprint density at radius 3 is 2.19 bits per heavy atom. The van der Waals surface area contributed by atoms with Crippen LogP contribution in [0.5, 0.6) is 0 Å². The van der Waals surface area contributed by atoms with Gasteiger partial charge in [0.1, 0.15) is 0 Å². The number of benzene rings is 2. The number of Topliss-reactive ketones (excluding diaryl/α,β-unsaturated/α-hetero) is 1. The van der Waals surface area contributed by atoms with Gasteiger partial charge in [0.25, 0.3) is 0 Å². The van der Waals surface area contributed by atoms with Gasteiger partial charge in [-0.2, -0.15) is 5.06 Å². The molecule has 2 unspecified atom stereocenters. The van der Waals surface area contributed by atoms with E-state index in [2.05, 4.69) is 5.32 Å². The van der Waals surface area contributed by atoms with Gasteiger partial charge in [0.05, 0.1) is 13.2 Å². The van der Waals surface area contributed by atoms with E-state index < -0.39 is 41.7 Å². The molecule has 2 fully saturated rings. The minimum absolute atomic E-state index is 0. The zero-order valence-corrected chi connectivity index (χ0v) is 23.0. The molecule has 0 aromatic heterocycles. The van der Waals surface area contributed by atoms with Crippen LogP contribution in [0.25, 0.3) is 0 Å². The van der Waals surface area contributed by atoms with Crippen LogP contribution in [0.1, 0.15) is 38.9 Å². The van der Waals surface area contributed by atoms with Gasteiger partial charge in [-0.15, -0.1) is 0 Å². The molecule has 2 aliphatic rings. The maximum atomic E-state index is 13.7. The fraction of sp³-hybridized carbons (Fsp3) is 0.385. The first-order chi connectivity index (χ1) is 17.3. The van der Waals surface area contributed by atoms with Gasteiger partial charge in [0.15, 0.2) is 12.1 Å². The number of rotatable bonds is 8. The number of cyclic esters (lactones) is 1. The second-order valence-electron chi connectivity index (χ2n) is 8.92. The predicted octanol–water partition coefficient (Wildman–Crippen LogP) is -0.354. The number of ketones is 1. The van der Waals surface area contributed by atoms with Crippen LogP contribution in [0.4, 0.5) is 4.79 Å².